The molecule has 0 spiro atoms. The topological polar surface area (TPSA) is 85.5 Å². The number of amides is 1. The number of carbonyl (C=O) groups is 1. The number of furan rings is 1. The molecule has 1 aliphatic rings. The summed E-state index contributed by atoms with van der Waals surface area (Å²) in [6.07, 6.45) is 1.79. The number of likely N-dealkylation sites (tertiary alicyclic amines) is 1. The SMILES string of the molecule is Cc1ccc(C(CN)N2CCCC2C(N)=O)o1. The summed E-state index contributed by atoms with van der Waals surface area (Å²) in [6, 6.07) is 3.56. The van der Waals surface area contributed by atoms with Gasteiger partial charge in [-0.15, -0.1) is 0 Å². The van der Waals surface area contributed by atoms with Gasteiger partial charge in [-0.1, -0.05) is 0 Å². The molecule has 1 saturated heterocycles. The van der Waals surface area contributed by atoms with E-state index in [1.807, 2.05) is 19.1 Å². The lowest BCUT2D eigenvalue weighted by atomic mass is 10.1. The summed E-state index contributed by atoms with van der Waals surface area (Å²) in [6.45, 7) is 3.17. The van der Waals surface area contributed by atoms with Crippen LogP contribution in [-0.2, 0) is 4.79 Å². The first kappa shape index (κ1) is 12.1. The number of hydrogen-bond acceptors (Lipinski definition) is 4. The molecule has 94 valence electrons. The van der Waals surface area contributed by atoms with Crippen molar-refractivity contribution in [3.8, 4) is 0 Å². The van der Waals surface area contributed by atoms with Crippen LogP contribution in [0.1, 0.15) is 30.4 Å². The second-order valence-electron chi connectivity index (χ2n) is 4.50. The van der Waals surface area contributed by atoms with Gasteiger partial charge in [-0.3, -0.25) is 9.69 Å². The van der Waals surface area contributed by atoms with Gasteiger partial charge < -0.3 is 15.9 Å². The Kier molecular flexibility index (Phi) is 3.49. The summed E-state index contributed by atoms with van der Waals surface area (Å²) >= 11 is 0. The van der Waals surface area contributed by atoms with Crippen molar-refractivity contribution < 1.29 is 9.21 Å². The maximum Gasteiger partial charge on any atom is 0.234 e. The van der Waals surface area contributed by atoms with Crippen LogP contribution in [0.3, 0.4) is 0 Å². The lowest BCUT2D eigenvalue weighted by molar-refractivity contribution is -0.123. The fourth-order valence-corrected chi connectivity index (χ4v) is 2.52. The van der Waals surface area contributed by atoms with Crippen LogP contribution in [0.25, 0.3) is 0 Å². The molecule has 2 rings (SSSR count). The van der Waals surface area contributed by atoms with Crippen LogP contribution in [0.5, 0.6) is 0 Å². The Morgan fingerprint density at radius 3 is 2.94 bits per heavy atom. The van der Waals surface area contributed by atoms with Gasteiger partial charge in [0.15, 0.2) is 0 Å². The first-order valence-corrected chi connectivity index (χ1v) is 5.95. The third-order valence-corrected chi connectivity index (χ3v) is 3.34. The third-order valence-electron chi connectivity index (χ3n) is 3.34. The van der Waals surface area contributed by atoms with Crippen molar-refractivity contribution in [1.82, 2.24) is 4.90 Å². The van der Waals surface area contributed by atoms with Crippen LogP contribution < -0.4 is 11.5 Å². The van der Waals surface area contributed by atoms with E-state index in [0.29, 0.717) is 6.54 Å². The van der Waals surface area contributed by atoms with E-state index in [0.717, 1.165) is 30.9 Å². The minimum Gasteiger partial charge on any atom is -0.465 e. The zero-order valence-electron chi connectivity index (χ0n) is 10.1. The Labute approximate surface area is 101 Å². The number of carbonyl (C=O) groups excluding carboxylic acids is 1. The first-order chi connectivity index (χ1) is 8.13. The van der Waals surface area contributed by atoms with Crippen molar-refractivity contribution in [2.45, 2.75) is 31.8 Å². The van der Waals surface area contributed by atoms with Crippen molar-refractivity contribution in [3.63, 3.8) is 0 Å². The smallest absolute Gasteiger partial charge is 0.234 e. The van der Waals surface area contributed by atoms with E-state index >= 15 is 0 Å². The van der Waals surface area contributed by atoms with E-state index < -0.39 is 0 Å². The summed E-state index contributed by atoms with van der Waals surface area (Å²) in [7, 11) is 0. The predicted molar refractivity (Wildman–Crippen MR) is 64.2 cm³/mol. The van der Waals surface area contributed by atoms with Crippen molar-refractivity contribution >= 4 is 5.91 Å². The molecule has 0 bridgehead atoms. The van der Waals surface area contributed by atoms with Gasteiger partial charge in [0.1, 0.15) is 11.5 Å². The molecule has 2 unspecified atom stereocenters. The molecule has 1 aromatic rings. The minimum atomic E-state index is -0.274. The van der Waals surface area contributed by atoms with Gasteiger partial charge in [0.2, 0.25) is 5.91 Å². The molecule has 4 N–H and O–H groups in total. The maximum absolute atomic E-state index is 11.4. The Bertz CT molecular complexity index is 402. The van der Waals surface area contributed by atoms with Gasteiger partial charge in [0.05, 0.1) is 12.1 Å². The molecule has 0 saturated carbocycles. The molecule has 5 heteroatoms. The molecule has 1 aromatic heterocycles. The summed E-state index contributed by atoms with van der Waals surface area (Å²) < 4.78 is 5.60. The van der Waals surface area contributed by atoms with Crippen LogP contribution in [-0.4, -0.2) is 29.9 Å². The molecule has 0 radical (unpaired) electrons. The van der Waals surface area contributed by atoms with Crippen molar-refractivity contribution in [3.05, 3.63) is 23.7 Å². The summed E-state index contributed by atoms with van der Waals surface area (Å²) in [4.78, 5) is 13.4. The van der Waals surface area contributed by atoms with Crippen LogP contribution in [0, 0.1) is 6.92 Å². The van der Waals surface area contributed by atoms with E-state index in [1.165, 1.54) is 0 Å². The third kappa shape index (κ3) is 2.35. The highest BCUT2D eigenvalue weighted by Crippen LogP contribution is 2.29. The molecule has 1 fully saturated rings. The minimum absolute atomic E-state index is 0.0521. The lowest BCUT2D eigenvalue weighted by Crippen LogP contribution is -2.44. The second kappa shape index (κ2) is 4.89. The molecule has 5 nitrogen and oxygen atoms in total. The van der Waals surface area contributed by atoms with Gasteiger partial charge in [0, 0.05) is 6.54 Å². The number of primary amides is 1. The molecular weight excluding hydrogens is 218 g/mol. The van der Waals surface area contributed by atoms with E-state index in [4.69, 9.17) is 15.9 Å². The molecule has 1 aliphatic heterocycles. The average molecular weight is 237 g/mol. The van der Waals surface area contributed by atoms with E-state index in [2.05, 4.69) is 4.90 Å². The average Bonchev–Trinajstić information content (AvgIpc) is 2.89. The molecule has 17 heavy (non-hydrogen) atoms. The Balaban J connectivity index is 2.20. The van der Waals surface area contributed by atoms with Crippen LogP contribution >= 0.6 is 0 Å². The van der Waals surface area contributed by atoms with Gasteiger partial charge in [0.25, 0.3) is 0 Å². The summed E-state index contributed by atoms with van der Waals surface area (Å²) in [5.41, 5.74) is 11.2. The fraction of sp³-hybridized carbons (Fsp3) is 0.583. The summed E-state index contributed by atoms with van der Waals surface area (Å²) in [5.74, 6) is 1.40. The van der Waals surface area contributed by atoms with Crippen LogP contribution in [0.4, 0.5) is 0 Å². The van der Waals surface area contributed by atoms with Crippen LogP contribution in [0.15, 0.2) is 16.5 Å². The number of nitrogens with two attached hydrogens (primary N) is 2. The number of rotatable bonds is 4. The fourth-order valence-electron chi connectivity index (χ4n) is 2.52. The maximum atomic E-state index is 11.4. The van der Waals surface area contributed by atoms with E-state index in [9.17, 15) is 4.79 Å². The largest absolute Gasteiger partial charge is 0.465 e. The van der Waals surface area contributed by atoms with Crippen molar-refractivity contribution in [2.24, 2.45) is 11.5 Å². The van der Waals surface area contributed by atoms with Crippen molar-refractivity contribution in [1.29, 1.82) is 0 Å². The Morgan fingerprint density at radius 2 is 2.41 bits per heavy atom. The van der Waals surface area contributed by atoms with E-state index in [-0.39, 0.29) is 18.0 Å². The molecule has 2 atom stereocenters. The highest BCUT2D eigenvalue weighted by atomic mass is 16.3. The van der Waals surface area contributed by atoms with E-state index in [1.54, 1.807) is 0 Å². The first-order valence-electron chi connectivity index (χ1n) is 5.95. The second-order valence-corrected chi connectivity index (χ2v) is 4.50. The lowest BCUT2D eigenvalue weighted by Gasteiger charge is -2.29. The monoisotopic (exact) mass is 237 g/mol. The van der Waals surface area contributed by atoms with Crippen LogP contribution in [0.2, 0.25) is 0 Å². The van der Waals surface area contributed by atoms with Gasteiger partial charge >= 0.3 is 0 Å². The number of hydrogen-bond donors (Lipinski definition) is 2. The zero-order chi connectivity index (χ0) is 12.4. The Hall–Kier alpha value is -1.33. The number of aryl methyl sites for hydroxylation is 1. The summed E-state index contributed by atoms with van der Waals surface area (Å²) in [5, 5.41) is 0. The highest BCUT2D eigenvalue weighted by Gasteiger charge is 2.35. The van der Waals surface area contributed by atoms with Gasteiger partial charge in [-0.25, -0.2) is 0 Å². The van der Waals surface area contributed by atoms with Gasteiger partial charge in [-0.2, -0.15) is 0 Å². The quantitative estimate of drug-likeness (QED) is 0.800. The van der Waals surface area contributed by atoms with Gasteiger partial charge in [-0.05, 0) is 38.4 Å². The molecule has 1 amide bonds. The molecule has 2 heterocycles. The van der Waals surface area contributed by atoms with Crippen molar-refractivity contribution in [2.75, 3.05) is 13.1 Å². The molecule has 0 aliphatic carbocycles. The molecule has 0 aromatic carbocycles. The zero-order valence-corrected chi connectivity index (χ0v) is 10.1. The highest BCUT2D eigenvalue weighted by molar-refractivity contribution is 5.80. The predicted octanol–water partition coefficient (Wildman–Crippen LogP) is 0.538. The molecular formula is C12H19N3O2. The Morgan fingerprint density at radius 1 is 1.65 bits per heavy atom. The standard InChI is InChI=1S/C12H19N3O2/c1-8-4-5-11(17-8)10(7-13)15-6-2-3-9(15)12(14)16/h4-5,9-10H,2-3,6-7,13H2,1H3,(H2,14,16). The normalized spacial score (nSPS) is 22.8. The number of nitrogens with zero attached hydrogens (tertiary/aromatic N) is 1.